The summed E-state index contributed by atoms with van der Waals surface area (Å²) in [5.74, 6) is -0.411. The summed E-state index contributed by atoms with van der Waals surface area (Å²) in [7, 11) is 0. The van der Waals surface area contributed by atoms with Crippen LogP contribution < -0.4 is 0 Å². The molecule has 3 nitrogen and oxygen atoms in total. The van der Waals surface area contributed by atoms with Crippen LogP contribution in [-0.2, 0) is 28.7 Å². The number of esters is 1. The van der Waals surface area contributed by atoms with E-state index in [1.165, 1.54) is 12.3 Å². The molecular formula is C19H21F4NO2. The summed E-state index contributed by atoms with van der Waals surface area (Å²) in [6, 6.07) is 1.40. The van der Waals surface area contributed by atoms with Gasteiger partial charge in [-0.3, -0.25) is 0 Å². The van der Waals surface area contributed by atoms with Crippen molar-refractivity contribution in [1.29, 1.82) is 0 Å². The second kappa shape index (κ2) is 7.18. The maximum Gasteiger partial charge on any atom is 0.431 e. The Bertz CT molecular complexity index is 753. The molecule has 2 rings (SSSR count). The summed E-state index contributed by atoms with van der Waals surface area (Å²) in [4.78, 5) is 11.4. The molecule has 0 N–H and O–H groups in total. The van der Waals surface area contributed by atoms with E-state index in [4.69, 9.17) is 6.42 Å². The van der Waals surface area contributed by atoms with Crippen molar-refractivity contribution in [3.63, 3.8) is 0 Å². The summed E-state index contributed by atoms with van der Waals surface area (Å²) in [5, 5.41) is 0. The van der Waals surface area contributed by atoms with E-state index in [2.05, 4.69) is 10.7 Å². The van der Waals surface area contributed by atoms with Crippen molar-refractivity contribution in [3.8, 4) is 12.3 Å². The molecule has 1 saturated carbocycles. The van der Waals surface area contributed by atoms with E-state index in [9.17, 15) is 22.4 Å². The van der Waals surface area contributed by atoms with Crippen LogP contribution in [0.2, 0.25) is 0 Å². The molecule has 1 unspecified atom stereocenters. The van der Waals surface area contributed by atoms with E-state index in [1.807, 2.05) is 13.8 Å². The van der Waals surface area contributed by atoms with E-state index in [1.54, 1.807) is 6.92 Å². The van der Waals surface area contributed by atoms with Gasteiger partial charge in [-0.1, -0.05) is 19.8 Å². The quantitative estimate of drug-likeness (QED) is 0.322. The summed E-state index contributed by atoms with van der Waals surface area (Å²) in [6.45, 7) is 5.11. The van der Waals surface area contributed by atoms with Gasteiger partial charge in [0.1, 0.15) is 5.69 Å². The average molecular weight is 371 g/mol. The van der Waals surface area contributed by atoms with Crippen LogP contribution in [0.15, 0.2) is 24.2 Å². The second-order valence-corrected chi connectivity index (χ2v) is 6.91. The van der Waals surface area contributed by atoms with Crippen molar-refractivity contribution in [1.82, 2.24) is 4.57 Å². The SMILES string of the molecule is C#CCn1ccc(C[C@@H]2C(/C=C(\F)C(=O)OCC)C2(C)C)c1C(F)(F)F. The maximum absolute atomic E-state index is 13.9. The lowest BCUT2D eigenvalue weighted by molar-refractivity contribution is -0.144. The predicted molar refractivity (Wildman–Crippen MR) is 88.6 cm³/mol. The van der Waals surface area contributed by atoms with E-state index in [-0.39, 0.29) is 37.0 Å². The number of halogens is 4. The molecule has 1 aromatic rings. The van der Waals surface area contributed by atoms with Gasteiger partial charge in [-0.15, -0.1) is 6.42 Å². The molecule has 0 amide bonds. The van der Waals surface area contributed by atoms with Crippen LogP contribution >= 0.6 is 0 Å². The first-order valence-electron chi connectivity index (χ1n) is 8.27. The van der Waals surface area contributed by atoms with E-state index in [0.717, 1.165) is 10.6 Å². The van der Waals surface area contributed by atoms with Crippen LogP contribution in [0.1, 0.15) is 32.0 Å². The molecule has 1 aromatic heterocycles. The first-order chi connectivity index (χ1) is 12.0. The van der Waals surface area contributed by atoms with Gasteiger partial charge in [0, 0.05) is 6.20 Å². The monoisotopic (exact) mass is 371 g/mol. The minimum atomic E-state index is -4.53. The zero-order valence-electron chi connectivity index (χ0n) is 14.9. The highest BCUT2D eigenvalue weighted by Crippen LogP contribution is 2.61. The summed E-state index contributed by atoms with van der Waals surface area (Å²) in [6.07, 6.45) is 3.21. The highest BCUT2D eigenvalue weighted by Gasteiger charge is 2.57. The number of hydrogen-bond acceptors (Lipinski definition) is 2. The molecule has 0 saturated heterocycles. The van der Waals surface area contributed by atoms with Crippen LogP contribution in [-0.4, -0.2) is 17.1 Å². The van der Waals surface area contributed by atoms with Crippen molar-refractivity contribution in [2.45, 2.75) is 39.9 Å². The molecule has 1 aliphatic carbocycles. The van der Waals surface area contributed by atoms with Gasteiger partial charge in [0.25, 0.3) is 0 Å². The Kier molecular flexibility index (Phi) is 5.55. The zero-order chi connectivity index (χ0) is 19.7. The number of hydrogen-bond donors (Lipinski definition) is 0. The Balaban J connectivity index is 2.23. The third kappa shape index (κ3) is 3.95. The van der Waals surface area contributed by atoms with Crippen molar-refractivity contribution in [2.24, 2.45) is 17.3 Å². The van der Waals surface area contributed by atoms with Gasteiger partial charge < -0.3 is 9.30 Å². The summed E-state index contributed by atoms with van der Waals surface area (Å²) < 4.78 is 59.7. The Morgan fingerprint density at radius 2 is 2.12 bits per heavy atom. The number of rotatable bonds is 6. The largest absolute Gasteiger partial charge is 0.461 e. The van der Waals surface area contributed by atoms with Gasteiger partial charge in [0.05, 0.1) is 13.2 Å². The van der Waals surface area contributed by atoms with Crippen LogP contribution in [0, 0.1) is 29.6 Å². The third-order valence-corrected chi connectivity index (χ3v) is 4.95. The molecule has 2 atom stereocenters. The summed E-state index contributed by atoms with van der Waals surface area (Å²) in [5.41, 5.74) is -1.06. The van der Waals surface area contributed by atoms with E-state index < -0.39 is 29.1 Å². The molecule has 26 heavy (non-hydrogen) atoms. The Labute approximate surface area is 150 Å². The molecule has 0 aromatic carbocycles. The zero-order valence-corrected chi connectivity index (χ0v) is 14.9. The van der Waals surface area contributed by atoms with Gasteiger partial charge >= 0.3 is 12.1 Å². The normalized spacial score (nSPS) is 22.0. The molecule has 1 fully saturated rings. The first-order valence-corrected chi connectivity index (χ1v) is 8.27. The van der Waals surface area contributed by atoms with Crippen molar-refractivity contribution in [3.05, 3.63) is 35.4 Å². The van der Waals surface area contributed by atoms with E-state index >= 15 is 0 Å². The van der Waals surface area contributed by atoms with Gasteiger partial charge in [0.2, 0.25) is 5.83 Å². The molecule has 0 bridgehead atoms. The van der Waals surface area contributed by atoms with E-state index in [0.29, 0.717) is 0 Å². The Morgan fingerprint density at radius 3 is 2.65 bits per heavy atom. The number of ether oxygens (including phenoxy) is 1. The standard InChI is InChI=1S/C19H21F4NO2/c1-5-8-24-9-7-12(16(24)19(21,22)23)10-13-14(18(13,3)4)11-15(20)17(25)26-6-2/h1,7,9,11,13-14H,6,8,10H2,2-4H3/b15-11-/t13-,14?/m1/s1. The molecular weight excluding hydrogens is 350 g/mol. The fourth-order valence-corrected chi connectivity index (χ4v) is 3.43. The number of carbonyl (C=O) groups is 1. The third-order valence-electron chi connectivity index (χ3n) is 4.95. The Morgan fingerprint density at radius 1 is 1.46 bits per heavy atom. The van der Waals surface area contributed by atoms with Gasteiger partial charge in [-0.25, -0.2) is 4.79 Å². The molecule has 7 heteroatoms. The lowest BCUT2D eigenvalue weighted by Crippen LogP contribution is -2.15. The van der Waals surface area contributed by atoms with Crippen molar-refractivity contribution in [2.75, 3.05) is 6.61 Å². The minimum Gasteiger partial charge on any atom is -0.461 e. The first kappa shape index (κ1) is 20.1. The summed E-state index contributed by atoms with van der Waals surface area (Å²) >= 11 is 0. The van der Waals surface area contributed by atoms with Gasteiger partial charge in [0.15, 0.2) is 0 Å². The molecule has 0 spiro atoms. The lowest BCUT2D eigenvalue weighted by Gasteiger charge is -2.13. The number of alkyl halides is 3. The molecule has 1 aliphatic rings. The molecule has 1 heterocycles. The van der Waals surface area contributed by atoms with Gasteiger partial charge in [-0.2, -0.15) is 17.6 Å². The van der Waals surface area contributed by atoms with Crippen molar-refractivity contribution >= 4 is 5.97 Å². The van der Waals surface area contributed by atoms with Crippen molar-refractivity contribution < 1.29 is 27.1 Å². The fraction of sp³-hybridized carbons (Fsp3) is 0.526. The number of aromatic nitrogens is 1. The number of terminal acetylenes is 1. The highest BCUT2D eigenvalue weighted by atomic mass is 19.4. The van der Waals surface area contributed by atoms with Gasteiger partial charge in [-0.05, 0) is 48.3 Å². The van der Waals surface area contributed by atoms with Crippen LogP contribution in [0.4, 0.5) is 17.6 Å². The Hall–Kier alpha value is -2.23. The molecule has 0 radical (unpaired) electrons. The number of allylic oxidation sites excluding steroid dienone is 1. The smallest absolute Gasteiger partial charge is 0.431 e. The number of nitrogens with zero attached hydrogens (tertiary/aromatic N) is 1. The van der Waals surface area contributed by atoms with Crippen LogP contribution in [0.3, 0.4) is 0 Å². The highest BCUT2D eigenvalue weighted by molar-refractivity contribution is 5.86. The van der Waals surface area contributed by atoms with Crippen LogP contribution in [0.25, 0.3) is 0 Å². The topological polar surface area (TPSA) is 31.2 Å². The number of carbonyl (C=O) groups excluding carboxylic acids is 1. The maximum atomic E-state index is 13.9. The minimum absolute atomic E-state index is 0.0508. The average Bonchev–Trinajstić information content (AvgIpc) is 2.86. The predicted octanol–water partition coefficient (Wildman–Crippen LogP) is 4.37. The molecule has 0 aliphatic heterocycles. The fourth-order valence-electron chi connectivity index (χ4n) is 3.43. The molecule has 142 valence electrons. The van der Waals surface area contributed by atoms with Crippen LogP contribution in [0.5, 0.6) is 0 Å². The lowest BCUT2D eigenvalue weighted by atomic mass is 10.0. The second-order valence-electron chi connectivity index (χ2n) is 6.91.